The Hall–Kier alpha value is -4.84. The third-order valence-electron chi connectivity index (χ3n) is 8.62. The van der Waals surface area contributed by atoms with Crippen LogP contribution in [-0.4, -0.2) is 39.5 Å². The van der Waals surface area contributed by atoms with Crippen molar-refractivity contribution in [1.82, 2.24) is 9.97 Å². The molecule has 1 fully saturated rings. The van der Waals surface area contributed by atoms with Crippen LogP contribution < -0.4 is 15.2 Å². The van der Waals surface area contributed by atoms with E-state index < -0.39 is 34.5 Å². The summed E-state index contributed by atoms with van der Waals surface area (Å²) in [5.74, 6) is -0.857. The molecule has 2 aromatic heterocycles. The molecular weight excluding hydrogens is 618 g/mol. The first-order valence-electron chi connectivity index (χ1n) is 15.0. The minimum absolute atomic E-state index is 0.0504. The van der Waals surface area contributed by atoms with Crippen LogP contribution in [-0.2, 0) is 22.0 Å². The summed E-state index contributed by atoms with van der Waals surface area (Å²) in [6, 6.07) is 12.6. The summed E-state index contributed by atoms with van der Waals surface area (Å²) >= 11 is 0. The Morgan fingerprint density at radius 2 is 1.79 bits per heavy atom. The van der Waals surface area contributed by atoms with E-state index >= 15 is 0 Å². The minimum Gasteiger partial charge on any atom is -0.490 e. The van der Waals surface area contributed by atoms with Crippen LogP contribution in [0.4, 0.5) is 17.6 Å². The molecule has 12 heteroatoms. The third kappa shape index (κ3) is 6.42. The van der Waals surface area contributed by atoms with Crippen LogP contribution in [0.5, 0.6) is 11.5 Å². The van der Waals surface area contributed by atoms with E-state index in [0.717, 1.165) is 25.1 Å². The van der Waals surface area contributed by atoms with Gasteiger partial charge in [0.2, 0.25) is 5.91 Å². The molecule has 3 N–H and O–H groups in total. The van der Waals surface area contributed by atoms with Gasteiger partial charge in [-0.1, -0.05) is 0 Å². The number of nitrogens with zero attached hydrogens (tertiary/aromatic N) is 2. The van der Waals surface area contributed by atoms with Crippen LogP contribution in [0, 0.1) is 5.82 Å². The molecule has 8 nitrogen and oxygen atoms in total. The zero-order chi connectivity index (χ0) is 33.7. The second-order valence-electron chi connectivity index (χ2n) is 12.4. The van der Waals surface area contributed by atoms with Crippen molar-refractivity contribution in [2.24, 2.45) is 5.73 Å². The smallest absolute Gasteiger partial charge is 0.417 e. The van der Waals surface area contributed by atoms with Crippen LogP contribution in [0.2, 0.25) is 0 Å². The van der Waals surface area contributed by atoms with Crippen LogP contribution in [0.3, 0.4) is 0 Å². The predicted octanol–water partition coefficient (Wildman–Crippen LogP) is 6.52. The molecule has 2 atom stereocenters. The highest BCUT2D eigenvalue weighted by molar-refractivity contribution is 5.98. The van der Waals surface area contributed by atoms with E-state index in [2.05, 4.69) is 9.97 Å². The zero-order valence-corrected chi connectivity index (χ0v) is 25.5. The summed E-state index contributed by atoms with van der Waals surface area (Å²) < 4.78 is 65.9. The van der Waals surface area contributed by atoms with Gasteiger partial charge in [0.05, 0.1) is 17.4 Å². The highest BCUT2D eigenvalue weighted by Crippen LogP contribution is 2.46. The van der Waals surface area contributed by atoms with Gasteiger partial charge in [0.15, 0.2) is 5.78 Å². The van der Waals surface area contributed by atoms with Gasteiger partial charge in [-0.2, -0.15) is 13.2 Å². The number of aliphatic hydroxyl groups is 1. The molecule has 2 aromatic carbocycles. The first kappa shape index (κ1) is 32.1. The number of hydrogen-bond acceptors (Lipinski definition) is 7. The molecule has 0 spiro atoms. The number of pyridine rings is 2. The number of carbonyl (C=O) groups excluding carboxylic acids is 2. The fraction of sp³-hybridized carbons (Fsp3) is 0.314. The number of halogens is 4. The maximum absolute atomic E-state index is 13.7. The number of hydrogen-bond donors (Lipinski definition) is 2. The molecule has 2 aliphatic rings. The average Bonchev–Trinajstić information content (AvgIpc) is 3.79. The van der Waals surface area contributed by atoms with Crippen LogP contribution in [0.25, 0.3) is 22.4 Å². The number of Topliss-reactive ketones (excluding diaryl/α,β-unsaturated/α-hetero) is 1. The number of amides is 1. The molecule has 0 radical (unpaired) electrons. The summed E-state index contributed by atoms with van der Waals surface area (Å²) in [5.41, 5.74) is 3.85. The first-order valence-corrected chi connectivity index (χ1v) is 15.0. The summed E-state index contributed by atoms with van der Waals surface area (Å²) in [7, 11) is 0. The Kier molecular flexibility index (Phi) is 8.03. The number of ketones is 1. The summed E-state index contributed by atoms with van der Waals surface area (Å²) in [4.78, 5) is 34.4. The lowest BCUT2D eigenvalue weighted by Crippen LogP contribution is -2.40. The van der Waals surface area contributed by atoms with Crippen molar-refractivity contribution >= 4 is 11.7 Å². The van der Waals surface area contributed by atoms with Gasteiger partial charge in [-0.05, 0) is 87.7 Å². The Morgan fingerprint density at radius 1 is 1.06 bits per heavy atom. The molecule has 1 saturated carbocycles. The van der Waals surface area contributed by atoms with E-state index in [-0.39, 0.29) is 53.9 Å². The fourth-order valence-corrected chi connectivity index (χ4v) is 5.44. The summed E-state index contributed by atoms with van der Waals surface area (Å²) in [5, 5.41) is 11.7. The number of benzene rings is 2. The van der Waals surface area contributed by atoms with Gasteiger partial charge in [-0.25, -0.2) is 9.37 Å². The number of rotatable bonds is 10. The predicted molar refractivity (Wildman–Crippen MR) is 163 cm³/mol. The van der Waals surface area contributed by atoms with Crippen molar-refractivity contribution < 1.29 is 41.7 Å². The number of fused-ring (bicyclic) bond motifs is 1. The Morgan fingerprint density at radius 3 is 2.45 bits per heavy atom. The van der Waals surface area contributed by atoms with E-state index in [4.69, 9.17) is 15.2 Å². The SMILES string of the molecule is C[C@](O)(CCC(=O)c1ccc(OC2CC2)c(-c2cncc(C(F)(F)F)c2)c1)c1cc2c(c(-c3ccc(F)cc3)n1)OC[C@]2(C)C(N)=O. The van der Waals surface area contributed by atoms with Gasteiger partial charge in [-0.3, -0.25) is 14.6 Å². The molecular formula is C35H31F4N3O5. The third-order valence-corrected chi connectivity index (χ3v) is 8.62. The summed E-state index contributed by atoms with van der Waals surface area (Å²) in [6.07, 6.45) is -1.27. The van der Waals surface area contributed by atoms with Gasteiger partial charge >= 0.3 is 6.18 Å². The zero-order valence-electron chi connectivity index (χ0n) is 25.5. The van der Waals surface area contributed by atoms with Gasteiger partial charge in [-0.15, -0.1) is 0 Å². The van der Waals surface area contributed by atoms with Crippen LogP contribution in [0.1, 0.15) is 66.7 Å². The largest absolute Gasteiger partial charge is 0.490 e. The molecule has 4 aromatic rings. The van der Waals surface area contributed by atoms with Crippen LogP contribution >= 0.6 is 0 Å². The maximum atomic E-state index is 13.7. The van der Waals surface area contributed by atoms with Crippen molar-refractivity contribution in [3.05, 3.63) is 95.2 Å². The standard InChI is InChI=1S/C35H31F4N3O5/c1-33(32(40)44)18-46-31-26(33)15-29(42-30(31)19-3-6-23(36)7-4-19)34(2,45)12-11-27(43)20-5-10-28(47-24-8-9-24)25(14-20)21-13-22(17-41-16-21)35(37,38)39/h3-7,10,13-17,24,45H,8-9,11-12,18H2,1-2H3,(H2,40,44)/t33-,34-/m0/s1. The number of carbonyl (C=O) groups is 2. The number of alkyl halides is 3. The van der Waals surface area contributed by atoms with E-state index in [1.165, 1.54) is 55.6 Å². The monoisotopic (exact) mass is 649 g/mol. The molecule has 1 aliphatic heterocycles. The highest BCUT2D eigenvalue weighted by Gasteiger charge is 2.45. The first-order chi connectivity index (χ1) is 22.2. The highest BCUT2D eigenvalue weighted by atomic mass is 19.4. The topological polar surface area (TPSA) is 125 Å². The van der Waals surface area contributed by atoms with Crippen molar-refractivity contribution in [3.63, 3.8) is 0 Å². The second-order valence-corrected chi connectivity index (χ2v) is 12.4. The lowest BCUT2D eigenvalue weighted by atomic mass is 9.81. The van der Waals surface area contributed by atoms with Gasteiger partial charge in [0, 0.05) is 46.6 Å². The molecule has 0 saturated heterocycles. The number of nitrogens with two attached hydrogens (primary N) is 1. The van der Waals surface area contributed by atoms with E-state index in [9.17, 15) is 32.3 Å². The normalized spacial score (nSPS) is 18.6. The van der Waals surface area contributed by atoms with E-state index in [1.807, 2.05) is 0 Å². The lowest BCUT2D eigenvalue weighted by Gasteiger charge is -2.26. The second kappa shape index (κ2) is 11.8. The molecule has 244 valence electrons. The van der Waals surface area contributed by atoms with Crippen molar-refractivity contribution in [2.45, 2.75) is 62.8 Å². The lowest BCUT2D eigenvalue weighted by molar-refractivity contribution is -0.137. The molecule has 6 rings (SSSR count). The van der Waals surface area contributed by atoms with E-state index in [1.54, 1.807) is 13.0 Å². The van der Waals surface area contributed by atoms with Crippen molar-refractivity contribution in [1.29, 1.82) is 0 Å². The Bertz CT molecular complexity index is 1870. The van der Waals surface area contributed by atoms with E-state index in [0.29, 0.717) is 28.2 Å². The molecule has 47 heavy (non-hydrogen) atoms. The van der Waals surface area contributed by atoms with Gasteiger partial charge < -0.3 is 20.3 Å². The maximum Gasteiger partial charge on any atom is 0.417 e. The molecule has 1 aliphatic carbocycles. The molecule has 1 amide bonds. The molecule has 3 heterocycles. The number of aromatic nitrogens is 2. The minimum atomic E-state index is -4.61. The average molecular weight is 650 g/mol. The van der Waals surface area contributed by atoms with Gasteiger partial charge in [0.25, 0.3) is 0 Å². The number of primary amides is 1. The molecule has 0 unspecified atom stereocenters. The Balaban J connectivity index is 1.31. The quantitative estimate of drug-likeness (QED) is 0.148. The van der Waals surface area contributed by atoms with Gasteiger partial charge in [0.1, 0.15) is 40.6 Å². The molecule has 0 bridgehead atoms. The Labute approximate surface area is 267 Å². The fourth-order valence-electron chi connectivity index (χ4n) is 5.44. The summed E-state index contributed by atoms with van der Waals surface area (Å²) in [6.45, 7) is 3.04. The van der Waals surface area contributed by atoms with Crippen LogP contribution in [0.15, 0.2) is 67.0 Å². The van der Waals surface area contributed by atoms with Crippen molar-refractivity contribution in [2.75, 3.05) is 6.61 Å². The number of ether oxygens (including phenoxy) is 2. The van der Waals surface area contributed by atoms with Crippen molar-refractivity contribution in [3.8, 4) is 33.9 Å².